The Bertz CT molecular complexity index is 520. The maximum Gasteiger partial charge on any atom is 0.326 e. The summed E-state index contributed by atoms with van der Waals surface area (Å²) in [6, 6.07) is 3.74. The number of thiol groups is 1. The van der Waals surface area contributed by atoms with Gasteiger partial charge in [0.2, 0.25) is 5.91 Å². The third-order valence-electron chi connectivity index (χ3n) is 2.51. The molecule has 5 N–H and O–H groups in total. The fourth-order valence-corrected chi connectivity index (χ4v) is 1.57. The van der Waals surface area contributed by atoms with Crippen LogP contribution in [0, 0.1) is 0 Å². The Morgan fingerprint density at radius 2 is 1.81 bits per heavy atom. The Labute approximate surface area is 126 Å². The molecule has 1 rings (SSSR count). The molecule has 0 aliphatic rings. The minimum Gasteiger partial charge on any atom is -0.508 e. The number of carbonyl (C=O) groups excluding carboxylic acids is 2. The predicted octanol–water partition coefficient (Wildman–Crippen LogP) is 0.708. The van der Waals surface area contributed by atoms with E-state index in [1.54, 1.807) is 0 Å². The summed E-state index contributed by atoms with van der Waals surface area (Å²) in [4.78, 5) is 33.7. The van der Waals surface area contributed by atoms with Crippen LogP contribution in [0.4, 0.5) is 10.5 Å². The summed E-state index contributed by atoms with van der Waals surface area (Å²) >= 11 is 3.55. The van der Waals surface area contributed by atoms with Gasteiger partial charge in [0.15, 0.2) is 0 Å². The molecule has 0 saturated heterocycles. The molecule has 0 aliphatic heterocycles. The van der Waals surface area contributed by atoms with Crippen molar-refractivity contribution in [1.82, 2.24) is 10.0 Å². The predicted molar refractivity (Wildman–Crippen MR) is 78.0 cm³/mol. The Morgan fingerprint density at radius 3 is 2.33 bits per heavy atom. The number of hydrogen-bond donors (Lipinski definition) is 6. The summed E-state index contributed by atoms with van der Waals surface area (Å²) in [6.07, 6.45) is -0.148. The zero-order valence-corrected chi connectivity index (χ0v) is 11.8. The second-order valence-electron chi connectivity index (χ2n) is 4.11. The molecule has 0 aliphatic carbocycles. The normalized spacial score (nSPS) is 11.3. The number of carboxylic acid groups (broad SMARTS) is 1. The lowest BCUT2D eigenvalue weighted by Gasteiger charge is -2.14. The van der Waals surface area contributed by atoms with Crippen molar-refractivity contribution in [3.05, 3.63) is 24.3 Å². The number of rotatable bonds is 6. The molecule has 1 aromatic carbocycles. The third-order valence-corrected chi connectivity index (χ3v) is 2.76. The first-order valence-electron chi connectivity index (χ1n) is 5.94. The minimum atomic E-state index is -1.25. The molecule has 0 aromatic heterocycles. The molecule has 1 aromatic rings. The molecule has 0 fully saturated rings. The van der Waals surface area contributed by atoms with Gasteiger partial charge in [-0.3, -0.25) is 4.79 Å². The van der Waals surface area contributed by atoms with E-state index in [1.807, 2.05) is 0 Å². The quantitative estimate of drug-likeness (QED) is 0.340. The standard InChI is InChI=1S/C12H15N3O5S/c16-8-3-1-7(2-4-8)13-12(20)14-9(11(18)19)5-6-10(17)15-21/h1-4,9,16,21H,5-6H2,(H,15,17)(H,18,19)(H2,13,14,20). The number of aliphatic carboxylic acids is 1. The molecule has 9 heteroatoms. The van der Waals surface area contributed by atoms with E-state index in [-0.39, 0.29) is 18.6 Å². The number of carbonyl (C=O) groups is 3. The Balaban J connectivity index is 2.54. The number of anilines is 1. The van der Waals surface area contributed by atoms with E-state index in [2.05, 4.69) is 28.2 Å². The van der Waals surface area contributed by atoms with E-state index in [9.17, 15) is 14.4 Å². The number of phenolic OH excluding ortho intramolecular Hbond substituents is 1. The van der Waals surface area contributed by atoms with E-state index < -0.39 is 23.9 Å². The monoisotopic (exact) mass is 313 g/mol. The fourth-order valence-electron chi connectivity index (χ4n) is 1.46. The van der Waals surface area contributed by atoms with Crippen LogP contribution in [0.2, 0.25) is 0 Å². The number of benzene rings is 1. The van der Waals surface area contributed by atoms with Crippen LogP contribution < -0.4 is 15.4 Å². The molecule has 3 amide bonds. The van der Waals surface area contributed by atoms with Crippen molar-refractivity contribution in [2.45, 2.75) is 18.9 Å². The molecular weight excluding hydrogens is 298 g/mol. The molecule has 8 nitrogen and oxygen atoms in total. The Hall–Kier alpha value is -2.42. The zero-order valence-electron chi connectivity index (χ0n) is 10.9. The SMILES string of the molecule is O=C(CCC(NC(=O)Nc1ccc(O)cc1)C(=O)O)NS. The smallest absolute Gasteiger partial charge is 0.326 e. The topological polar surface area (TPSA) is 128 Å². The van der Waals surface area contributed by atoms with Crippen molar-refractivity contribution in [3.63, 3.8) is 0 Å². The van der Waals surface area contributed by atoms with Crippen LogP contribution in [0.25, 0.3) is 0 Å². The molecule has 21 heavy (non-hydrogen) atoms. The summed E-state index contributed by atoms with van der Waals surface area (Å²) in [6.45, 7) is 0. The number of urea groups is 1. The van der Waals surface area contributed by atoms with Crippen molar-refractivity contribution in [2.75, 3.05) is 5.32 Å². The molecule has 1 atom stereocenters. The van der Waals surface area contributed by atoms with Crippen molar-refractivity contribution < 1.29 is 24.6 Å². The van der Waals surface area contributed by atoms with Crippen molar-refractivity contribution in [2.24, 2.45) is 0 Å². The van der Waals surface area contributed by atoms with Crippen LogP contribution in [-0.2, 0) is 9.59 Å². The van der Waals surface area contributed by atoms with Gasteiger partial charge in [0, 0.05) is 12.1 Å². The number of aromatic hydroxyl groups is 1. The highest BCUT2D eigenvalue weighted by Gasteiger charge is 2.20. The first-order chi connectivity index (χ1) is 9.92. The second-order valence-corrected chi connectivity index (χ2v) is 4.33. The molecule has 0 saturated carbocycles. The summed E-state index contributed by atoms with van der Waals surface area (Å²) < 4.78 is 2.07. The number of nitrogens with one attached hydrogen (secondary N) is 3. The first-order valence-corrected chi connectivity index (χ1v) is 6.39. The lowest BCUT2D eigenvalue weighted by Crippen LogP contribution is -2.43. The highest BCUT2D eigenvalue weighted by molar-refractivity contribution is 7.78. The molecular formula is C12H15N3O5S. The van der Waals surface area contributed by atoms with Gasteiger partial charge in [0.25, 0.3) is 0 Å². The van der Waals surface area contributed by atoms with Crippen LogP contribution in [0.5, 0.6) is 5.75 Å². The van der Waals surface area contributed by atoms with E-state index in [1.165, 1.54) is 24.3 Å². The summed E-state index contributed by atoms with van der Waals surface area (Å²) in [5, 5.41) is 22.7. The number of phenols is 1. The van der Waals surface area contributed by atoms with Gasteiger partial charge < -0.3 is 25.6 Å². The van der Waals surface area contributed by atoms with Gasteiger partial charge in [-0.1, -0.05) is 12.8 Å². The van der Waals surface area contributed by atoms with E-state index in [0.29, 0.717) is 5.69 Å². The summed E-state index contributed by atoms with van der Waals surface area (Å²) in [7, 11) is 0. The lowest BCUT2D eigenvalue weighted by atomic mass is 10.1. The maximum atomic E-state index is 11.7. The molecule has 0 bridgehead atoms. The lowest BCUT2D eigenvalue weighted by molar-refractivity contribution is -0.139. The largest absolute Gasteiger partial charge is 0.508 e. The van der Waals surface area contributed by atoms with E-state index in [4.69, 9.17) is 10.2 Å². The third kappa shape index (κ3) is 6.04. The number of hydrogen-bond acceptors (Lipinski definition) is 5. The highest BCUT2D eigenvalue weighted by Crippen LogP contribution is 2.13. The van der Waals surface area contributed by atoms with Gasteiger partial charge in [0.1, 0.15) is 11.8 Å². The van der Waals surface area contributed by atoms with Gasteiger partial charge in [0.05, 0.1) is 0 Å². The highest BCUT2D eigenvalue weighted by atomic mass is 32.1. The molecule has 0 spiro atoms. The van der Waals surface area contributed by atoms with Gasteiger partial charge in [-0.15, -0.1) is 0 Å². The van der Waals surface area contributed by atoms with Crippen molar-refractivity contribution in [3.8, 4) is 5.75 Å². The molecule has 1 unspecified atom stereocenters. The molecule has 0 radical (unpaired) electrons. The average molecular weight is 313 g/mol. The minimum absolute atomic E-state index is 0.0436. The van der Waals surface area contributed by atoms with Gasteiger partial charge in [-0.05, 0) is 30.7 Å². The van der Waals surface area contributed by atoms with Gasteiger partial charge in [-0.25, -0.2) is 9.59 Å². The second kappa shape index (κ2) is 8.00. The fraction of sp³-hybridized carbons (Fsp3) is 0.250. The average Bonchev–Trinajstić information content (AvgIpc) is 2.45. The number of amides is 3. The van der Waals surface area contributed by atoms with E-state index >= 15 is 0 Å². The van der Waals surface area contributed by atoms with Crippen molar-refractivity contribution in [1.29, 1.82) is 0 Å². The van der Waals surface area contributed by atoms with Crippen LogP contribution in [0.15, 0.2) is 24.3 Å². The maximum absolute atomic E-state index is 11.7. The van der Waals surface area contributed by atoms with Crippen molar-refractivity contribution >= 4 is 36.4 Å². The zero-order chi connectivity index (χ0) is 15.8. The summed E-state index contributed by atoms with van der Waals surface area (Å²) in [5.41, 5.74) is 0.391. The number of carboxylic acids is 1. The van der Waals surface area contributed by atoms with Gasteiger partial charge in [-0.2, -0.15) is 0 Å². The van der Waals surface area contributed by atoms with Gasteiger partial charge >= 0.3 is 12.0 Å². The van der Waals surface area contributed by atoms with Crippen LogP contribution >= 0.6 is 12.8 Å². The van der Waals surface area contributed by atoms with E-state index in [0.717, 1.165) is 0 Å². The Morgan fingerprint density at radius 1 is 1.19 bits per heavy atom. The van der Waals surface area contributed by atoms with Crippen LogP contribution in [0.3, 0.4) is 0 Å². The van der Waals surface area contributed by atoms with Crippen LogP contribution in [-0.4, -0.2) is 34.2 Å². The van der Waals surface area contributed by atoms with Crippen LogP contribution in [0.1, 0.15) is 12.8 Å². The molecule has 114 valence electrons. The summed E-state index contributed by atoms with van der Waals surface area (Å²) in [5.74, 6) is -1.64. The molecule has 0 heterocycles. The Kier molecular flexibility index (Phi) is 6.34. The first kappa shape index (κ1) is 16.6.